The smallest absolute Gasteiger partial charge is 0.137 e. The molecule has 0 bridgehead atoms. The van der Waals surface area contributed by atoms with Crippen LogP contribution in [0.5, 0.6) is 0 Å². The van der Waals surface area contributed by atoms with Gasteiger partial charge in [-0.25, -0.2) is 0 Å². The van der Waals surface area contributed by atoms with Gasteiger partial charge in [-0.3, -0.25) is 4.79 Å². The number of Topliss-reactive ketones (excluding diaryl/α,β-unsaturated/α-hetero) is 1. The van der Waals surface area contributed by atoms with Crippen molar-refractivity contribution in [1.29, 1.82) is 0 Å². The normalized spacial score (nSPS) is 12.6. The van der Waals surface area contributed by atoms with Crippen LogP contribution in [0.3, 0.4) is 0 Å². The Morgan fingerprint density at radius 1 is 1.12 bits per heavy atom. The summed E-state index contributed by atoms with van der Waals surface area (Å²) in [5.41, 5.74) is 1.13. The molecule has 0 radical (unpaired) electrons. The minimum Gasteiger partial charge on any atom is -0.299 e. The zero-order valence-electron chi connectivity index (χ0n) is 9.73. The number of rotatable bonds is 3. The molecule has 0 aliphatic rings. The minimum absolute atomic E-state index is 0.0459. The maximum Gasteiger partial charge on any atom is 0.137 e. The van der Waals surface area contributed by atoms with Gasteiger partial charge in [0.05, 0.1) is 0 Å². The first-order valence-corrected chi connectivity index (χ1v) is 5.71. The Balaban J connectivity index is 2.49. The number of hydrogen-bond donors (Lipinski definition) is 0. The van der Waals surface area contributed by atoms with Gasteiger partial charge in [-0.05, 0) is 29.7 Å². The van der Waals surface area contributed by atoms with Crippen LogP contribution in [0, 0.1) is 0 Å². The van der Waals surface area contributed by atoms with E-state index < -0.39 is 0 Å². The topological polar surface area (TPSA) is 17.1 Å². The zero-order valence-corrected chi connectivity index (χ0v) is 9.73. The minimum atomic E-state index is 0.0459. The first-order chi connectivity index (χ1) is 7.72. The largest absolute Gasteiger partial charge is 0.299 e. The van der Waals surface area contributed by atoms with Crippen molar-refractivity contribution in [3.05, 3.63) is 48.0 Å². The van der Waals surface area contributed by atoms with Gasteiger partial charge in [0.15, 0.2) is 0 Å². The molecule has 0 amide bonds. The maximum absolute atomic E-state index is 11.5. The number of carbonyl (C=O) groups is 1. The molecule has 2 aromatic rings. The molecule has 1 nitrogen and oxygen atoms in total. The van der Waals surface area contributed by atoms with Crippen molar-refractivity contribution >= 4 is 16.6 Å². The second-order valence-corrected chi connectivity index (χ2v) is 4.18. The van der Waals surface area contributed by atoms with E-state index >= 15 is 0 Å². The molecule has 0 fully saturated rings. The van der Waals surface area contributed by atoms with Crippen LogP contribution in [0.4, 0.5) is 0 Å². The van der Waals surface area contributed by atoms with E-state index in [1.165, 1.54) is 10.8 Å². The third kappa shape index (κ3) is 1.99. The fraction of sp³-hybridized carbons (Fsp3) is 0.267. The molecule has 16 heavy (non-hydrogen) atoms. The number of benzene rings is 2. The van der Waals surface area contributed by atoms with Gasteiger partial charge in [0.1, 0.15) is 5.78 Å². The monoisotopic (exact) mass is 212 g/mol. The highest BCUT2D eigenvalue weighted by Gasteiger charge is 2.14. The summed E-state index contributed by atoms with van der Waals surface area (Å²) in [4.78, 5) is 11.5. The van der Waals surface area contributed by atoms with E-state index in [4.69, 9.17) is 0 Å². The molecule has 1 unspecified atom stereocenters. The Hall–Kier alpha value is -1.63. The van der Waals surface area contributed by atoms with Crippen LogP contribution in [0.25, 0.3) is 10.8 Å². The third-order valence-corrected chi connectivity index (χ3v) is 3.07. The highest BCUT2D eigenvalue weighted by Crippen LogP contribution is 2.24. The summed E-state index contributed by atoms with van der Waals surface area (Å²) in [6, 6.07) is 14.5. The van der Waals surface area contributed by atoms with E-state index in [9.17, 15) is 4.79 Å². The molecule has 0 saturated carbocycles. The van der Waals surface area contributed by atoms with Gasteiger partial charge in [0, 0.05) is 5.92 Å². The van der Waals surface area contributed by atoms with E-state index in [1.54, 1.807) is 6.92 Å². The summed E-state index contributed by atoms with van der Waals surface area (Å²) in [5.74, 6) is 0.294. The van der Waals surface area contributed by atoms with Gasteiger partial charge >= 0.3 is 0 Å². The second kappa shape index (κ2) is 4.48. The van der Waals surface area contributed by atoms with Crippen LogP contribution in [0.15, 0.2) is 42.5 Å². The molecule has 1 heteroatoms. The lowest BCUT2D eigenvalue weighted by Crippen LogP contribution is -2.07. The zero-order chi connectivity index (χ0) is 11.5. The third-order valence-electron chi connectivity index (χ3n) is 3.07. The lowest BCUT2D eigenvalue weighted by atomic mass is 9.91. The molecule has 0 saturated heterocycles. The van der Waals surface area contributed by atoms with Crippen molar-refractivity contribution < 1.29 is 4.79 Å². The van der Waals surface area contributed by atoms with Crippen LogP contribution in [-0.2, 0) is 4.79 Å². The fourth-order valence-corrected chi connectivity index (χ4v) is 2.18. The van der Waals surface area contributed by atoms with Crippen molar-refractivity contribution in [2.45, 2.75) is 26.2 Å². The quantitative estimate of drug-likeness (QED) is 0.753. The highest BCUT2D eigenvalue weighted by molar-refractivity contribution is 5.87. The van der Waals surface area contributed by atoms with Gasteiger partial charge in [-0.15, -0.1) is 0 Å². The van der Waals surface area contributed by atoms with Crippen molar-refractivity contribution in [1.82, 2.24) is 0 Å². The molecular formula is C15H16O. The van der Waals surface area contributed by atoms with E-state index in [1.807, 2.05) is 12.1 Å². The molecule has 0 N–H and O–H groups in total. The van der Waals surface area contributed by atoms with Crippen molar-refractivity contribution in [3.8, 4) is 0 Å². The van der Waals surface area contributed by atoms with Crippen molar-refractivity contribution in [2.75, 3.05) is 0 Å². The number of carbonyl (C=O) groups excluding carboxylic acids is 1. The molecule has 2 aromatic carbocycles. The summed E-state index contributed by atoms with van der Waals surface area (Å²) in [5, 5.41) is 2.43. The molecule has 0 aliphatic heterocycles. The van der Waals surface area contributed by atoms with Gasteiger partial charge in [0.2, 0.25) is 0 Å². The Labute approximate surface area is 96.1 Å². The van der Waals surface area contributed by atoms with E-state index in [-0.39, 0.29) is 11.7 Å². The summed E-state index contributed by atoms with van der Waals surface area (Å²) < 4.78 is 0. The van der Waals surface area contributed by atoms with E-state index in [0.717, 1.165) is 12.0 Å². The number of ketones is 1. The Bertz CT molecular complexity index is 514. The predicted octanol–water partition coefficient (Wildman–Crippen LogP) is 3.92. The highest BCUT2D eigenvalue weighted by atomic mass is 16.1. The van der Waals surface area contributed by atoms with Crippen LogP contribution in [0.2, 0.25) is 0 Å². The number of hydrogen-bond acceptors (Lipinski definition) is 1. The van der Waals surface area contributed by atoms with Gasteiger partial charge < -0.3 is 0 Å². The summed E-state index contributed by atoms with van der Waals surface area (Å²) in [6.45, 7) is 3.73. The first kappa shape index (κ1) is 10.9. The SMILES string of the molecule is CCC(C(C)=O)c1ccc2ccccc2c1. The Morgan fingerprint density at radius 2 is 1.81 bits per heavy atom. The van der Waals surface area contributed by atoms with Crippen LogP contribution in [0.1, 0.15) is 31.7 Å². The molecular weight excluding hydrogens is 196 g/mol. The molecule has 82 valence electrons. The number of fused-ring (bicyclic) bond motifs is 1. The van der Waals surface area contributed by atoms with E-state index in [2.05, 4.69) is 37.3 Å². The maximum atomic E-state index is 11.5. The molecule has 1 atom stereocenters. The average Bonchev–Trinajstić information content (AvgIpc) is 2.29. The van der Waals surface area contributed by atoms with Gasteiger partial charge in [-0.2, -0.15) is 0 Å². The predicted molar refractivity (Wildman–Crippen MR) is 67.7 cm³/mol. The van der Waals surface area contributed by atoms with Crippen molar-refractivity contribution in [3.63, 3.8) is 0 Å². The molecule has 0 heterocycles. The fourth-order valence-electron chi connectivity index (χ4n) is 2.18. The molecule has 2 rings (SSSR count). The Morgan fingerprint density at radius 3 is 2.44 bits per heavy atom. The summed E-state index contributed by atoms with van der Waals surface area (Å²) in [7, 11) is 0. The molecule has 0 aliphatic carbocycles. The van der Waals surface area contributed by atoms with Crippen LogP contribution < -0.4 is 0 Å². The lowest BCUT2D eigenvalue weighted by molar-refractivity contribution is -0.118. The van der Waals surface area contributed by atoms with E-state index in [0.29, 0.717) is 0 Å². The first-order valence-electron chi connectivity index (χ1n) is 5.71. The summed E-state index contributed by atoms with van der Waals surface area (Å²) in [6.07, 6.45) is 0.869. The standard InChI is InChI=1S/C15H16O/c1-3-15(11(2)16)14-9-8-12-6-4-5-7-13(12)10-14/h4-10,15H,3H2,1-2H3. The average molecular weight is 212 g/mol. The van der Waals surface area contributed by atoms with Crippen molar-refractivity contribution in [2.24, 2.45) is 0 Å². The molecule has 0 aromatic heterocycles. The van der Waals surface area contributed by atoms with Crippen LogP contribution in [-0.4, -0.2) is 5.78 Å². The van der Waals surface area contributed by atoms with Gasteiger partial charge in [0.25, 0.3) is 0 Å². The van der Waals surface area contributed by atoms with Gasteiger partial charge in [-0.1, -0.05) is 49.4 Å². The molecule has 0 spiro atoms. The van der Waals surface area contributed by atoms with Crippen LogP contribution >= 0.6 is 0 Å². The lowest BCUT2D eigenvalue weighted by Gasteiger charge is -2.12. The Kier molecular flexibility index (Phi) is 3.04. The summed E-state index contributed by atoms with van der Waals surface area (Å²) >= 11 is 0. The second-order valence-electron chi connectivity index (χ2n) is 4.18.